The standard InChI is InChI=1S/C33H52O4.C6H10O4S.O5P2/c1-28(2,3)22-13-15-24(26(17-22)30(7,8)9)33(37,32(19-34,20-35)21-36)25-16-14-23(29(4,5)6)18-27(25)31(10,11)12;7-5(8)1-3-11-4-2-6(9)10;1-6(2)5-7(3)4/h13-18,34-37H,19-21H2,1-12H3;1-4H2,(H,7,8)(H,9,10);/p+2. The maximum atomic E-state index is 13.1. The van der Waals surface area contributed by atoms with Gasteiger partial charge in [0.1, 0.15) is 5.60 Å². The number of aliphatic hydroxyl groups is 4. The van der Waals surface area contributed by atoms with Gasteiger partial charge in [-0.05, 0) is 55.0 Å². The van der Waals surface area contributed by atoms with Crippen molar-refractivity contribution in [3.8, 4) is 0 Å². The van der Waals surface area contributed by atoms with Crippen LogP contribution in [0.4, 0.5) is 0 Å². The first-order chi connectivity index (χ1) is 24.8. The molecule has 0 heterocycles. The minimum atomic E-state index is -2.92. The minimum Gasteiger partial charge on any atom is -0.481 e. The molecular formula is C39H64O13P2S+2. The van der Waals surface area contributed by atoms with Gasteiger partial charge >= 0.3 is 28.4 Å². The quantitative estimate of drug-likeness (QED) is 0.0703. The lowest BCUT2D eigenvalue weighted by Crippen LogP contribution is -2.55. The first-order valence-corrected chi connectivity index (χ1v) is 21.1. The van der Waals surface area contributed by atoms with Crippen LogP contribution in [0.15, 0.2) is 36.4 Å². The third-order valence-electron chi connectivity index (χ3n) is 8.90. The molecule has 2 rings (SSSR count). The van der Waals surface area contributed by atoms with Gasteiger partial charge in [-0.25, -0.2) is 0 Å². The monoisotopic (exact) mass is 834 g/mol. The molecule has 0 radical (unpaired) electrons. The normalized spacial score (nSPS) is 13.2. The highest BCUT2D eigenvalue weighted by molar-refractivity contribution is 7.99. The molecular weight excluding hydrogens is 770 g/mol. The van der Waals surface area contributed by atoms with Gasteiger partial charge in [-0.1, -0.05) is 119 Å². The highest BCUT2D eigenvalue weighted by atomic mass is 32.2. The number of carbonyl (C=O) groups is 2. The van der Waals surface area contributed by atoms with E-state index in [1.807, 2.05) is 24.3 Å². The second-order valence-electron chi connectivity index (χ2n) is 17.4. The predicted octanol–water partition coefficient (Wildman–Crippen LogP) is 7.05. The van der Waals surface area contributed by atoms with Crippen molar-refractivity contribution in [3.05, 3.63) is 69.8 Å². The number of benzene rings is 2. The number of aliphatic hydroxyl groups excluding tert-OH is 3. The molecule has 312 valence electrons. The zero-order valence-electron chi connectivity index (χ0n) is 34.3. The smallest absolute Gasteiger partial charge is 0.481 e. The van der Waals surface area contributed by atoms with Gasteiger partial charge < -0.3 is 30.6 Å². The fourth-order valence-corrected chi connectivity index (χ4v) is 6.90. The van der Waals surface area contributed by atoms with Crippen LogP contribution in [0.5, 0.6) is 0 Å². The number of thioether (sulfide) groups is 1. The molecule has 0 saturated heterocycles. The molecule has 0 saturated carbocycles. The molecule has 0 fully saturated rings. The Balaban J connectivity index is 0.00000133. The molecule has 0 bridgehead atoms. The molecule has 0 aromatic heterocycles. The Morgan fingerprint density at radius 3 is 1.09 bits per heavy atom. The van der Waals surface area contributed by atoms with E-state index in [1.54, 1.807) is 0 Å². The van der Waals surface area contributed by atoms with Gasteiger partial charge in [-0.15, -0.1) is 9.79 Å². The van der Waals surface area contributed by atoms with Crippen molar-refractivity contribution in [2.45, 2.75) is 123 Å². The molecule has 0 spiro atoms. The van der Waals surface area contributed by atoms with Crippen molar-refractivity contribution in [2.75, 3.05) is 31.3 Å². The predicted molar refractivity (Wildman–Crippen MR) is 217 cm³/mol. The summed E-state index contributed by atoms with van der Waals surface area (Å²) in [6.45, 7) is 23.8. The van der Waals surface area contributed by atoms with Gasteiger partial charge in [-0.3, -0.25) is 9.59 Å². The van der Waals surface area contributed by atoms with Gasteiger partial charge in [0.2, 0.25) is 0 Å². The summed E-state index contributed by atoms with van der Waals surface area (Å²) in [6.07, 6.45) is 0.203. The van der Waals surface area contributed by atoms with E-state index in [1.165, 1.54) is 11.8 Å². The Kier molecular flexibility index (Phi) is 20.5. The van der Waals surface area contributed by atoms with Gasteiger partial charge in [0, 0.05) is 20.6 Å². The van der Waals surface area contributed by atoms with Crippen molar-refractivity contribution >= 4 is 40.2 Å². The van der Waals surface area contributed by atoms with Gasteiger partial charge in [0.15, 0.2) is 4.31 Å². The zero-order chi connectivity index (χ0) is 43.4. The van der Waals surface area contributed by atoms with Crippen LogP contribution in [0, 0.1) is 5.41 Å². The molecule has 0 aliphatic heterocycles. The van der Waals surface area contributed by atoms with Crippen molar-refractivity contribution in [2.24, 2.45) is 5.41 Å². The Bertz CT molecular complexity index is 1480. The molecule has 8 N–H and O–H groups in total. The molecule has 2 unspecified atom stereocenters. The summed E-state index contributed by atoms with van der Waals surface area (Å²) in [5, 5.41) is 61.6. The van der Waals surface area contributed by atoms with Crippen LogP contribution in [0.3, 0.4) is 0 Å². The summed E-state index contributed by atoms with van der Waals surface area (Å²) in [4.78, 5) is 35.3. The van der Waals surface area contributed by atoms with Crippen LogP contribution in [0.2, 0.25) is 0 Å². The van der Waals surface area contributed by atoms with Gasteiger partial charge in [0.25, 0.3) is 0 Å². The molecule has 2 atom stereocenters. The van der Waals surface area contributed by atoms with E-state index in [0.717, 1.165) is 22.3 Å². The maximum Gasteiger partial charge on any atom is 0.745 e. The van der Waals surface area contributed by atoms with Crippen molar-refractivity contribution in [3.63, 3.8) is 0 Å². The third-order valence-corrected chi connectivity index (χ3v) is 11.0. The topological polar surface area (TPSA) is 239 Å². The van der Waals surface area contributed by atoms with Crippen LogP contribution in [-0.4, -0.2) is 83.7 Å². The lowest BCUT2D eigenvalue weighted by atomic mass is 9.60. The maximum absolute atomic E-state index is 13.1. The molecule has 2 aromatic rings. The average molecular weight is 835 g/mol. The first-order valence-electron chi connectivity index (χ1n) is 17.7. The summed E-state index contributed by atoms with van der Waals surface area (Å²) in [5.41, 5.74) is 0.863. The Hall–Kier alpha value is -2.35. The van der Waals surface area contributed by atoms with Crippen molar-refractivity contribution in [1.29, 1.82) is 0 Å². The molecule has 2 aromatic carbocycles. The van der Waals surface area contributed by atoms with Crippen LogP contribution in [-0.2, 0) is 50.3 Å². The number of aliphatic carboxylic acids is 2. The van der Waals surface area contributed by atoms with E-state index >= 15 is 0 Å². The fourth-order valence-electron chi connectivity index (χ4n) is 5.58. The largest absolute Gasteiger partial charge is 0.745 e. The summed E-state index contributed by atoms with van der Waals surface area (Å²) in [5.74, 6) is -0.703. The Labute approximate surface area is 332 Å². The number of hydrogen-bond donors (Lipinski definition) is 8. The summed E-state index contributed by atoms with van der Waals surface area (Å²) >= 11 is 1.35. The Morgan fingerprint density at radius 1 is 0.582 bits per heavy atom. The molecule has 0 aliphatic rings. The SMILES string of the molecule is CC(C)(C)c1ccc(C(O)(c2ccc(C(C)(C)C)cc2C(C)(C)C)C(CO)(CO)CO)c(C(C)(C)C)c1.O=C(O)CCSCCC(=O)O.O=[P+](O)O[P+](=O)O. The lowest BCUT2D eigenvalue weighted by Gasteiger charge is -2.49. The minimum absolute atomic E-state index is 0.101. The van der Waals surface area contributed by atoms with E-state index in [-0.39, 0.29) is 34.5 Å². The van der Waals surface area contributed by atoms with Crippen LogP contribution < -0.4 is 0 Å². The zero-order valence-corrected chi connectivity index (χ0v) is 36.9. The molecule has 13 nitrogen and oxygen atoms in total. The second-order valence-corrected chi connectivity index (χ2v) is 20.3. The van der Waals surface area contributed by atoms with Crippen molar-refractivity contribution in [1.82, 2.24) is 0 Å². The Morgan fingerprint density at radius 2 is 0.891 bits per heavy atom. The van der Waals surface area contributed by atoms with E-state index in [2.05, 4.69) is 99.5 Å². The van der Waals surface area contributed by atoms with E-state index in [0.29, 0.717) is 22.6 Å². The fraction of sp³-hybridized carbons (Fsp3) is 0.641. The summed E-state index contributed by atoms with van der Waals surface area (Å²) < 4.78 is 22.2. The number of rotatable bonds is 14. The summed E-state index contributed by atoms with van der Waals surface area (Å²) in [7, 11) is -5.85. The third kappa shape index (κ3) is 15.8. The number of hydrogen-bond acceptors (Lipinski definition) is 10. The summed E-state index contributed by atoms with van der Waals surface area (Å²) in [6, 6.07) is 12.2. The molecule has 0 aliphatic carbocycles. The van der Waals surface area contributed by atoms with Crippen LogP contribution >= 0.6 is 28.3 Å². The molecule has 55 heavy (non-hydrogen) atoms. The van der Waals surface area contributed by atoms with Gasteiger partial charge in [-0.2, -0.15) is 11.8 Å². The number of carboxylic acid groups (broad SMARTS) is 2. The average Bonchev–Trinajstić information content (AvgIpc) is 3.03. The van der Waals surface area contributed by atoms with E-state index < -0.39 is 59.3 Å². The van der Waals surface area contributed by atoms with Crippen LogP contribution in [0.25, 0.3) is 0 Å². The lowest BCUT2D eigenvalue weighted by molar-refractivity contribution is -0.137. The molecule has 16 heteroatoms. The second kappa shape index (κ2) is 21.4. The highest BCUT2D eigenvalue weighted by Gasteiger charge is 2.55. The number of carboxylic acids is 2. The molecule has 0 amide bonds. The van der Waals surface area contributed by atoms with Crippen LogP contribution in [0.1, 0.15) is 129 Å². The highest BCUT2D eigenvalue weighted by Crippen LogP contribution is 2.51. The van der Waals surface area contributed by atoms with Crippen molar-refractivity contribution < 1.29 is 63.5 Å². The van der Waals surface area contributed by atoms with E-state index in [9.17, 15) is 39.1 Å². The van der Waals surface area contributed by atoms with Gasteiger partial charge in [0.05, 0.1) is 38.1 Å². The van der Waals surface area contributed by atoms with E-state index in [4.69, 9.17) is 20.0 Å². The first kappa shape index (κ1) is 52.6.